The van der Waals surface area contributed by atoms with Gasteiger partial charge in [-0.15, -0.1) is 16.9 Å². The number of hydrogen-bond acceptors (Lipinski definition) is 6. The van der Waals surface area contributed by atoms with E-state index in [2.05, 4.69) is 20.5 Å². The SMILES string of the molecule is CSc1cc(N=Cc2nnnn2C)ccc1O. The van der Waals surface area contributed by atoms with E-state index in [9.17, 15) is 5.11 Å². The largest absolute Gasteiger partial charge is 0.507 e. The van der Waals surface area contributed by atoms with Crippen molar-refractivity contribution in [3.63, 3.8) is 0 Å². The van der Waals surface area contributed by atoms with Gasteiger partial charge in [-0.3, -0.25) is 4.99 Å². The van der Waals surface area contributed by atoms with E-state index >= 15 is 0 Å². The van der Waals surface area contributed by atoms with Crippen LogP contribution in [0.3, 0.4) is 0 Å². The molecule has 0 amide bonds. The molecule has 2 aromatic rings. The molecule has 7 heteroatoms. The maximum atomic E-state index is 9.52. The number of tetrazole rings is 1. The van der Waals surface area contributed by atoms with Gasteiger partial charge in [0.05, 0.1) is 16.8 Å². The quantitative estimate of drug-likeness (QED) is 0.657. The maximum Gasteiger partial charge on any atom is 0.192 e. The lowest BCUT2D eigenvalue weighted by Gasteiger charge is -2.01. The highest BCUT2D eigenvalue weighted by molar-refractivity contribution is 7.98. The smallest absolute Gasteiger partial charge is 0.192 e. The molecular formula is C10H11N5OS. The van der Waals surface area contributed by atoms with Gasteiger partial charge < -0.3 is 5.11 Å². The fourth-order valence-corrected chi connectivity index (χ4v) is 1.74. The Kier molecular flexibility index (Phi) is 3.38. The van der Waals surface area contributed by atoms with Crippen molar-refractivity contribution < 1.29 is 5.11 Å². The number of phenolic OH excluding ortho intramolecular Hbond substituents is 1. The summed E-state index contributed by atoms with van der Waals surface area (Å²) in [6.45, 7) is 0. The van der Waals surface area contributed by atoms with Gasteiger partial charge in [0.2, 0.25) is 0 Å². The Morgan fingerprint density at radius 2 is 2.29 bits per heavy atom. The van der Waals surface area contributed by atoms with E-state index in [0.29, 0.717) is 5.82 Å². The topological polar surface area (TPSA) is 76.2 Å². The molecule has 0 saturated heterocycles. The predicted molar refractivity (Wildman–Crippen MR) is 65.9 cm³/mol. The van der Waals surface area contributed by atoms with Crippen molar-refractivity contribution in [2.24, 2.45) is 12.0 Å². The van der Waals surface area contributed by atoms with E-state index in [4.69, 9.17) is 0 Å². The molecule has 0 aliphatic carbocycles. The molecule has 0 fully saturated rings. The van der Waals surface area contributed by atoms with Crippen LogP contribution in [0.1, 0.15) is 5.82 Å². The maximum absolute atomic E-state index is 9.52. The minimum Gasteiger partial charge on any atom is -0.507 e. The molecule has 88 valence electrons. The number of aromatic hydroxyl groups is 1. The molecule has 0 aliphatic heterocycles. The second kappa shape index (κ2) is 4.96. The molecule has 0 unspecified atom stereocenters. The fraction of sp³-hybridized carbons (Fsp3) is 0.200. The number of phenols is 1. The van der Waals surface area contributed by atoms with Crippen LogP contribution in [0.25, 0.3) is 0 Å². The number of aryl methyl sites for hydroxylation is 1. The standard InChI is InChI=1S/C10H11N5OS/c1-15-10(12-13-14-15)6-11-7-3-4-8(16)9(5-7)17-2/h3-6,16H,1-2H3. The molecule has 2 rings (SSSR count). The van der Waals surface area contributed by atoms with E-state index < -0.39 is 0 Å². The second-order valence-electron chi connectivity index (χ2n) is 3.28. The normalized spacial score (nSPS) is 11.2. The summed E-state index contributed by atoms with van der Waals surface area (Å²) in [7, 11) is 1.74. The van der Waals surface area contributed by atoms with Crippen LogP contribution in [0, 0.1) is 0 Å². The first kappa shape index (κ1) is 11.6. The second-order valence-corrected chi connectivity index (χ2v) is 4.12. The molecule has 1 N–H and O–H groups in total. The first-order valence-electron chi connectivity index (χ1n) is 4.84. The number of hydrogen-bond donors (Lipinski definition) is 1. The van der Waals surface area contributed by atoms with Crippen LogP contribution in [0.5, 0.6) is 5.75 Å². The summed E-state index contributed by atoms with van der Waals surface area (Å²) in [4.78, 5) is 5.03. The summed E-state index contributed by atoms with van der Waals surface area (Å²) >= 11 is 1.47. The van der Waals surface area contributed by atoms with Crippen molar-refractivity contribution in [1.29, 1.82) is 0 Å². The summed E-state index contributed by atoms with van der Waals surface area (Å²) in [5, 5.41) is 20.5. The highest BCUT2D eigenvalue weighted by Crippen LogP contribution is 2.30. The Bertz CT molecular complexity index is 551. The first-order valence-corrected chi connectivity index (χ1v) is 6.06. The van der Waals surface area contributed by atoms with Crippen LogP contribution >= 0.6 is 11.8 Å². The molecule has 1 aromatic carbocycles. The number of benzene rings is 1. The molecule has 0 spiro atoms. The highest BCUT2D eigenvalue weighted by Gasteiger charge is 2.01. The summed E-state index contributed by atoms with van der Waals surface area (Å²) in [5.41, 5.74) is 0.746. The third-order valence-electron chi connectivity index (χ3n) is 2.15. The monoisotopic (exact) mass is 249 g/mol. The molecule has 0 aliphatic rings. The summed E-state index contributed by atoms with van der Waals surface area (Å²) < 4.78 is 1.53. The van der Waals surface area contributed by atoms with Gasteiger partial charge in [-0.2, -0.15) is 0 Å². The van der Waals surface area contributed by atoms with E-state index in [-0.39, 0.29) is 5.75 Å². The van der Waals surface area contributed by atoms with E-state index in [1.807, 2.05) is 6.26 Å². The highest BCUT2D eigenvalue weighted by atomic mass is 32.2. The van der Waals surface area contributed by atoms with Gasteiger partial charge in [-0.25, -0.2) is 4.68 Å². The van der Waals surface area contributed by atoms with Crippen molar-refractivity contribution in [1.82, 2.24) is 20.2 Å². The Morgan fingerprint density at radius 1 is 1.47 bits per heavy atom. The van der Waals surface area contributed by atoms with Crippen LogP contribution in [0.15, 0.2) is 28.1 Å². The Balaban J connectivity index is 2.24. The molecule has 6 nitrogen and oxygen atoms in total. The minimum absolute atomic E-state index is 0.261. The Labute approximate surface area is 102 Å². The molecular weight excluding hydrogens is 238 g/mol. The van der Waals surface area contributed by atoms with Crippen LogP contribution in [-0.2, 0) is 7.05 Å². The molecule has 0 atom stereocenters. The van der Waals surface area contributed by atoms with Crippen molar-refractivity contribution in [2.75, 3.05) is 6.26 Å². The van der Waals surface area contributed by atoms with Gasteiger partial charge >= 0.3 is 0 Å². The Morgan fingerprint density at radius 3 is 2.94 bits per heavy atom. The number of aliphatic imine (C=N–C) groups is 1. The minimum atomic E-state index is 0.261. The van der Waals surface area contributed by atoms with Gasteiger partial charge in [0.1, 0.15) is 5.75 Å². The number of thioether (sulfide) groups is 1. The Hall–Kier alpha value is -1.89. The van der Waals surface area contributed by atoms with Gasteiger partial charge in [0, 0.05) is 7.05 Å². The third kappa shape index (κ3) is 2.62. The lowest BCUT2D eigenvalue weighted by Crippen LogP contribution is -1.97. The van der Waals surface area contributed by atoms with Gasteiger partial charge in [0.25, 0.3) is 0 Å². The molecule has 0 bridgehead atoms. The first-order chi connectivity index (χ1) is 8.20. The molecule has 17 heavy (non-hydrogen) atoms. The molecule has 1 aromatic heterocycles. The summed E-state index contributed by atoms with van der Waals surface area (Å²) in [6.07, 6.45) is 3.48. The lowest BCUT2D eigenvalue weighted by molar-refractivity contribution is 0.462. The van der Waals surface area contributed by atoms with Crippen molar-refractivity contribution in [3.8, 4) is 5.75 Å². The van der Waals surface area contributed by atoms with Crippen LogP contribution in [0.2, 0.25) is 0 Å². The van der Waals surface area contributed by atoms with Crippen molar-refractivity contribution in [3.05, 3.63) is 24.0 Å². The number of rotatable bonds is 3. The number of nitrogens with zero attached hydrogens (tertiary/aromatic N) is 5. The average Bonchev–Trinajstić information content (AvgIpc) is 2.74. The van der Waals surface area contributed by atoms with E-state index in [1.165, 1.54) is 16.4 Å². The van der Waals surface area contributed by atoms with Crippen LogP contribution < -0.4 is 0 Å². The number of aromatic nitrogens is 4. The average molecular weight is 249 g/mol. The molecule has 1 heterocycles. The molecule has 0 radical (unpaired) electrons. The predicted octanol–water partition coefficient (Wildman–Crippen LogP) is 1.39. The van der Waals surface area contributed by atoms with E-state index in [1.54, 1.807) is 31.5 Å². The van der Waals surface area contributed by atoms with Crippen LogP contribution in [0.4, 0.5) is 5.69 Å². The summed E-state index contributed by atoms with van der Waals surface area (Å²) in [6, 6.07) is 5.16. The zero-order chi connectivity index (χ0) is 12.3. The molecule has 0 saturated carbocycles. The van der Waals surface area contributed by atoms with Crippen molar-refractivity contribution in [2.45, 2.75) is 4.90 Å². The van der Waals surface area contributed by atoms with E-state index in [0.717, 1.165) is 10.6 Å². The van der Waals surface area contributed by atoms with Gasteiger partial charge in [0.15, 0.2) is 5.82 Å². The zero-order valence-electron chi connectivity index (χ0n) is 9.40. The van der Waals surface area contributed by atoms with Crippen molar-refractivity contribution >= 4 is 23.7 Å². The van der Waals surface area contributed by atoms with Gasteiger partial charge in [-0.1, -0.05) is 0 Å². The van der Waals surface area contributed by atoms with Gasteiger partial charge in [-0.05, 0) is 34.9 Å². The lowest BCUT2D eigenvalue weighted by atomic mass is 10.3. The summed E-state index contributed by atoms with van der Waals surface area (Å²) in [5.74, 6) is 0.834. The fourth-order valence-electron chi connectivity index (χ4n) is 1.22. The zero-order valence-corrected chi connectivity index (χ0v) is 10.2. The van der Waals surface area contributed by atoms with Crippen LogP contribution in [-0.4, -0.2) is 37.8 Å². The third-order valence-corrected chi connectivity index (χ3v) is 2.91.